The highest BCUT2D eigenvalue weighted by atomic mass is 16.4. The number of nitrogens with zero attached hydrogens (tertiary/aromatic N) is 2. The minimum atomic E-state index is -0.229. The molecule has 1 aliphatic heterocycles. The zero-order valence-corrected chi connectivity index (χ0v) is 11.6. The molecule has 18 heavy (non-hydrogen) atoms. The van der Waals surface area contributed by atoms with E-state index in [0.717, 1.165) is 51.7 Å². The molecule has 1 heterocycles. The van der Waals surface area contributed by atoms with Gasteiger partial charge in [-0.05, 0) is 32.2 Å². The van der Waals surface area contributed by atoms with Crippen LogP contribution < -0.4 is 5.73 Å². The molecule has 1 saturated heterocycles. The summed E-state index contributed by atoms with van der Waals surface area (Å²) in [6.07, 6.45) is 4.83. The third kappa shape index (κ3) is 4.82. The Kier molecular flexibility index (Phi) is 5.88. The summed E-state index contributed by atoms with van der Waals surface area (Å²) < 4.78 is 0. The summed E-state index contributed by atoms with van der Waals surface area (Å²) in [7, 11) is 0. The SMILES string of the molecule is CC(C)(CCCCN1CCC(O)CC1)C(N)=NO. The Balaban J connectivity index is 2.15. The molecule has 0 aliphatic carbocycles. The Morgan fingerprint density at radius 1 is 1.33 bits per heavy atom. The predicted octanol–water partition coefficient (Wildman–Crippen LogP) is 1.39. The molecule has 0 radical (unpaired) electrons. The molecule has 106 valence electrons. The Hall–Kier alpha value is -0.810. The van der Waals surface area contributed by atoms with E-state index in [1.165, 1.54) is 0 Å². The fourth-order valence-electron chi connectivity index (χ4n) is 2.31. The molecule has 0 unspecified atom stereocenters. The smallest absolute Gasteiger partial charge is 0.144 e. The minimum absolute atomic E-state index is 0.0965. The van der Waals surface area contributed by atoms with Crippen molar-refractivity contribution in [1.82, 2.24) is 4.90 Å². The number of unbranched alkanes of at least 4 members (excludes halogenated alkanes) is 1. The highest BCUT2D eigenvalue weighted by Crippen LogP contribution is 2.23. The lowest BCUT2D eigenvalue weighted by Crippen LogP contribution is -2.36. The minimum Gasteiger partial charge on any atom is -0.409 e. The molecule has 4 N–H and O–H groups in total. The highest BCUT2D eigenvalue weighted by molar-refractivity contribution is 5.85. The number of oxime groups is 1. The third-order valence-electron chi connectivity index (χ3n) is 3.88. The topological polar surface area (TPSA) is 82.1 Å². The van der Waals surface area contributed by atoms with Crippen molar-refractivity contribution < 1.29 is 10.3 Å². The van der Waals surface area contributed by atoms with Crippen LogP contribution in [0.2, 0.25) is 0 Å². The molecule has 1 fully saturated rings. The Morgan fingerprint density at radius 3 is 2.50 bits per heavy atom. The largest absolute Gasteiger partial charge is 0.409 e. The highest BCUT2D eigenvalue weighted by Gasteiger charge is 2.23. The molecule has 0 saturated carbocycles. The first kappa shape index (κ1) is 15.2. The average molecular weight is 257 g/mol. The van der Waals surface area contributed by atoms with Gasteiger partial charge in [-0.15, -0.1) is 0 Å². The molecule has 1 rings (SSSR count). The number of nitrogens with two attached hydrogens (primary N) is 1. The summed E-state index contributed by atoms with van der Waals surface area (Å²) in [5, 5.41) is 21.2. The standard InChI is InChI=1S/C13H27N3O2/c1-13(2,12(14)15-18)7-3-4-8-16-9-5-11(17)6-10-16/h11,17-18H,3-10H2,1-2H3,(H2,14,15). The number of amidine groups is 1. The lowest BCUT2D eigenvalue weighted by molar-refractivity contribution is 0.0815. The van der Waals surface area contributed by atoms with Crippen molar-refractivity contribution in [3.8, 4) is 0 Å². The van der Waals surface area contributed by atoms with Crippen LogP contribution in [0, 0.1) is 5.41 Å². The van der Waals surface area contributed by atoms with Gasteiger partial charge >= 0.3 is 0 Å². The van der Waals surface area contributed by atoms with Crippen LogP contribution in [-0.4, -0.2) is 46.8 Å². The Bertz CT molecular complexity index is 271. The van der Waals surface area contributed by atoms with Crippen molar-refractivity contribution in [2.75, 3.05) is 19.6 Å². The zero-order valence-electron chi connectivity index (χ0n) is 11.6. The third-order valence-corrected chi connectivity index (χ3v) is 3.88. The zero-order chi connectivity index (χ0) is 13.6. The fraction of sp³-hybridized carbons (Fsp3) is 0.923. The van der Waals surface area contributed by atoms with Crippen LogP contribution in [0.1, 0.15) is 46.0 Å². The van der Waals surface area contributed by atoms with E-state index >= 15 is 0 Å². The predicted molar refractivity (Wildman–Crippen MR) is 72.7 cm³/mol. The first-order chi connectivity index (χ1) is 8.45. The van der Waals surface area contributed by atoms with Gasteiger partial charge in [-0.2, -0.15) is 0 Å². The van der Waals surface area contributed by atoms with Gasteiger partial charge in [0.1, 0.15) is 5.84 Å². The number of likely N-dealkylation sites (tertiary alicyclic amines) is 1. The number of piperidine rings is 1. The molecule has 5 heteroatoms. The van der Waals surface area contributed by atoms with Crippen molar-refractivity contribution in [1.29, 1.82) is 0 Å². The van der Waals surface area contributed by atoms with Gasteiger partial charge < -0.3 is 20.9 Å². The summed E-state index contributed by atoms with van der Waals surface area (Å²) in [6.45, 7) is 7.09. The number of hydrogen-bond acceptors (Lipinski definition) is 4. The van der Waals surface area contributed by atoms with Crippen LogP contribution in [-0.2, 0) is 0 Å². The molecule has 0 aromatic carbocycles. The maximum atomic E-state index is 9.42. The summed E-state index contributed by atoms with van der Waals surface area (Å²) in [4.78, 5) is 2.41. The van der Waals surface area contributed by atoms with E-state index in [-0.39, 0.29) is 11.5 Å². The van der Waals surface area contributed by atoms with Crippen LogP contribution in [0.25, 0.3) is 0 Å². The average Bonchev–Trinajstić information content (AvgIpc) is 2.35. The molecule has 1 aliphatic rings. The van der Waals surface area contributed by atoms with E-state index in [0.29, 0.717) is 5.84 Å². The molecule has 0 bridgehead atoms. The number of aliphatic hydroxyl groups is 1. The quantitative estimate of drug-likeness (QED) is 0.221. The summed E-state index contributed by atoms with van der Waals surface area (Å²) in [5.41, 5.74) is 5.42. The second-order valence-corrected chi connectivity index (χ2v) is 5.90. The van der Waals surface area contributed by atoms with Crippen molar-refractivity contribution in [2.45, 2.75) is 52.1 Å². The summed E-state index contributed by atoms with van der Waals surface area (Å²) in [5.74, 6) is 0.309. The molecule has 0 aromatic rings. The van der Waals surface area contributed by atoms with Gasteiger partial charge in [-0.1, -0.05) is 25.4 Å². The van der Waals surface area contributed by atoms with Gasteiger partial charge in [0.25, 0.3) is 0 Å². The summed E-state index contributed by atoms with van der Waals surface area (Å²) in [6, 6.07) is 0. The Morgan fingerprint density at radius 2 is 1.94 bits per heavy atom. The lowest BCUT2D eigenvalue weighted by atomic mass is 9.86. The van der Waals surface area contributed by atoms with Crippen molar-refractivity contribution in [3.63, 3.8) is 0 Å². The molecular formula is C13H27N3O2. The molecule has 0 aromatic heterocycles. The van der Waals surface area contributed by atoms with E-state index in [4.69, 9.17) is 10.9 Å². The summed E-state index contributed by atoms with van der Waals surface area (Å²) >= 11 is 0. The van der Waals surface area contributed by atoms with E-state index in [1.54, 1.807) is 0 Å². The van der Waals surface area contributed by atoms with Gasteiger partial charge in [0.2, 0.25) is 0 Å². The Labute approximate surface area is 110 Å². The van der Waals surface area contributed by atoms with E-state index < -0.39 is 0 Å². The second-order valence-electron chi connectivity index (χ2n) is 5.90. The number of aliphatic hydroxyl groups excluding tert-OH is 1. The fourth-order valence-corrected chi connectivity index (χ4v) is 2.31. The van der Waals surface area contributed by atoms with Gasteiger partial charge in [0, 0.05) is 18.5 Å². The van der Waals surface area contributed by atoms with Crippen LogP contribution in [0.5, 0.6) is 0 Å². The van der Waals surface area contributed by atoms with Crippen molar-refractivity contribution in [2.24, 2.45) is 16.3 Å². The first-order valence-corrected chi connectivity index (χ1v) is 6.84. The van der Waals surface area contributed by atoms with Gasteiger partial charge in [0.05, 0.1) is 6.10 Å². The van der Waals surface area contributed by atoms with Gasteiger partial charge in [-0.3, -0.25) is 0 Å². The van der Waals surface area contributed by atoms with Crippen LogP contribution in [0.15, 0.2) is 5.16 Å². The first-order valence-electron chi connectivity index (χ1n) is 6.84. The van der Waals surface area contributed by atoms with Crippen molar-refractivity contribution >= 4 is 5.84 Å². The second kappa shape index (κ2) is 6.95. The normalized spacial score (nSPS) is 20.3. The van der Waals surface area contributed by atoms with Crippen molar-refractivity contribution in [3.05, 3.63) is 0 Å². The monoisotopic (exact) mass is 257 g/mol. The maximum absolute atomic E-state index is 9.42. The number of rotatable bonds is 6. The molecule has 0 spiro atoms. The van der Waals surface area contributed by atoms with Crippen LogP contribution in [0.3, 0.4) is 0 Å². The van der Waals surface area contributed by atoms with Gasteiger partial charge in [-0.25, -0.2) is 0 Å². The molecule has 5 nitrogen and oxygen atoms in total. The maximum Gasteiger partial charge on any atom is 0.144 e. The van der Waals surface area contributed by atoms with Gasteiger partial charge in [0.15, 0.2) is 0 Å². The van der Waals surface area contributed by atoms with E-state index in [9.17, 15) is 5.11 Å². The number of hydrogen-bond donors (Lipinski definition) is 3. The van der Waals surface area contributed by atoms with E-state index in [2.05, 4.69) is 10.1 Å². The molecular weight excluding hydrogens is 230 g/mol. The van der Waals surface area contributed by atoms with Crippen LogP contribution >= 0.6 is 0 Å². The van der Waals surface area contributed by atoms with E-state index in [1.807, 2.05) is 13.8 Å². The molecule has 0 amide bonds. The lowest BCUT2D eigenvalue weighted by Gasteiger charge is -2.30. The van der Waals surface area contributed by atoms with Crippen LogP contribution in [0.4, 0.5) is 0 Å². The molecule has 0 atom stereocenters.